The standard InChI is InChI=1S/C8H5ClO2S/c9-8(10)11-7-3-1-6(5-12)2-4-7/h1-5H. The van der Waals surface area contributed by atoms with Crippen molar-refractivity contribution in [2.45, 2.75) is 0 Å². The molecule has 4 heteroatoms. The van der Waals surface area contributed by atoms with Crippen molar-refractivity contribution in [1.29, 1.82) is 0 Å². The molecule has 0 heterocycles. The number of benzene rings is 1. The molecule has 1 aromatic rings. The van der Waals surface area contributed by atoms with Gasteiger partial charge in [-0.1, -0.05) is 24.4 Å². The number of carbonyl (C=O) groups excluding carboxylic acids is 1. The Hall–Kier alpha value is -0.930. The molecule has 0 amide bonds. The van der Waals surface area contributed by atoms with Crippen LogP contribution in [0, 0.1) is 0 Å². The lowest BCUT2D eigenvalue weighted by molar-refractivity contribution is 0.225. The van der Waals surface area contributed by atoms with E-state index in [9.17, 15) is 4.79 Å². The highest BCUT2D eigenvalue weighted by Crippen LogP contribution is 2.12. The van der Waals surface area contributed by atoms with Gasteiger partial charge in [0.25, 0.3) is 0 Å². The molecule has 0 spiro atoms. The highest BCUT2D eigenvalue weighted by molar-refractivity contribution is 7.79. The molecule has 0 saturated heterocycles. The Morgan fingerprint density at radius 1 is 1.42 bits per heavy atom. The van der Waals surface area contributed by atoms with Crippen molar-refractivity contribution < 1.29 is 9.53 Å². The van der Waals surface area contributed by atoms with Crippen LogP contribution in [-0.2, 0) is 0 Å². The molecule has 0 saturated carbocycles. The lowest BCUT2D eigenvalue weighted by atomic mass is 10.2. The summed E-state index contributed by atoms with van der Waals surface area (Å²) in [6, 6.07) is 6.72. The molecule has 0 aliphatic heterocycles. The third-order valence-corrected chi connectivity index (χ3v) is 1.56. The summed E-state index contributed by atoms with van der Waals surface area (Å²) in [4.78, 5) is 10.3. The van der Waals surface area contributed by atoms with Gasteiger partial charge in [-0.05, 0) is 17.7 Å². The Balaban J connectivity index is 2.77. The summed E-state index contributed by atoms with van der Waals surface area (Å²) in [6.45, 7) is 0. The summed E-state index contributed by atoms with van der Waals surface area (Å²) < 4.78 is 4.59. The van der Waals surface area contributed by atoms with Crippen molar-refractivity contribution in [3.8, 4) is 5.75 Å². The van der Waals surface area contributed by atoms with Crippen molar-refractivity contribution in [3.05, 3.63) is 29.8 Å². The Morgan fingerprint density at radius 2 is 2.00 bits per heavy atom. The first-order valence-corrected chi connectivity index (χ1v) is 4.00. The van der Waals surface area contributed by atoms with Gasteiger partial charge in [0.05, 0.1) is 0 Å². The number of hydrogen-bond acceptors (Lipinski definition) is 3. The van der Waals surface area contributed by atoms with E-state index in [1.807, 2.05) is 0 Å². The fourth-order valence-corrected chi connectivity index (χ4v) is 0.953. The molecule has 0 N–H and O–H groups in total. The molecule has 12 heavy (non-hydrogen) atoms. The third-order valence-electron chi connectivity index (χ3n) is 1.21. The van der Waals surface area contributed by atoms with Gasteiger partial charge in [-0.15, -0.1) is 0 Å². The fourth-order valence-electron chi connectivity index (χ4n) is 0.707. The number of thiocarbonyl (C=S) groups is 1. The van der Waals surface area contributed by atoms with Crippen molar-refractivity contribution in [2.75, 3.05) is 0 Å². The molecule has 62 valence electrons. The minimum atomic E-state index is -0.842. The van der Waals surface area contributed by atoms with E-state index in [2.05, 4.69) is 4.74 Å². The minimum Gasteiger partial charge on any atom is -0.415 e. The maximum absolute atomic E-state index is 10.3. The van der Waals surface area contributed by atoms with Crippen molar-refractivity contribution in [2.24, 2.45) is 0 Å². The predicted molar refractivity (Wildman–Crippen MR) is 51.1 cm³/mol. The smallest absolute Gasteiger partial charge is 0.409 e. The van der Waals surface area contributed by atoms with E-state index < -0.39 is 5.43 Å². The predicted octanol–water partition coefficient (Wildman–Crippen LogP) is 2.77. The van der Waals surface area contributed by atoms with E-state index in [1.54, 1.807) is 24.3 Å². The minimum absolute atomic E-state index is 0.413. The molecule has 1 aromatic carbocycles. The molecule has 0 aliphatic carbocycles. The van der Waals surface area contributed by atoms with Crippen molar-refractivity contribution >= 4 is 34.6 Å². The zero-order valence-electron chi connectivity index (χ0n) is 5.99. The molecular weight excluding hydrogens is 196 g/mol. The average Bonchev–Trinajstić information content (AvgIpc) is 2.05. The molecule has 0 atom stereocenters. The summed E-state index contributed by atoms with van der Waals surface area (Å²) in [5.74, 6) is 0.413. The monoisotopic (exact) mass is 200 g/mol. The first-order chi connectivity index (χ1) is 5.72. The highest BCUT2D eigenvalue weighted by atomic mass is 35.5. The zero-order valence-corrected chi connectivity index (χ0v) is 7.56. The highest BCUT2D eigenvalue weighted by Gasteiger charge is 1.97. The maximum atomic E-state index is 10.3. The van der Waals surface area contributed by atoms with Crippen LogP contribution in [0.5, 0.6) is 5.75 Å². The van der Waals surface area contributed by atoms with Gasteiger partial charge in [0, 0.05) is 17.0 Å². The normalized spacial score (nSPS) is 9.08. The van der Waals surface area contributed by atoms with Crippen LogP contribution in [0.1, 0.15) is 5.56 Å². The van der Waals surface area contributed by atoms with Crippen molar-refractivity contribution in [1.82, 2.24) is 0 Å². The van der Waals surface area contributed by atoms with Gasteiger partial charge in [0.2, 0.25) is 0 Å². The quantitative estimate of drug-likeness (QED) is 0.543. The Kier molecular flexibility index (Phi) is 3.19. The van der Waals surface area contributed by atoms with Gasteiger partial charge in [0.1, 0.15) is 5.75 Å². The van der Waals surface area contributed by atoms with Gasteiger partial charge in [-0.25, -0.2) is 4.79 Å². The van der Waals surface area contributed by atoms with E-state index in [0.29, 0.717) is 5.75 Å². The number of halogens is 1. The number of hydrogen-bond donors (Lipinski definition) is 0. The van der Waals surface area contributed by atoms with Gasteiger partial charge >= 0.3 is 5.43 Å². The lowest BCUT2D eigenvalue weighted by Gasteiger charge is -1.98. The molecule has 1 rings (SSSR count). The summed E-state index contributed by atoms with van der Waals surface area (Å²) in [5.41, 5.74) is 0.0458. The largest absolute Gasteiger partial charge is 0.415 e. The fraction of sp³-hybridized carbons (Fsp3) is 0. The number of rotatable bonds is 2. The molecule has 0 aliphatic rings. The summed E-state index contributed by atoms with van der Waals surface area (Å²) in [5, 5.41) is 1.53. The average molecular weight is 201 g/mol. The molecule has 0 bridgehead atoms. The van der Waals surface area contributed by atoms with Crippen LogP contribution in [0.3, 0.4) is 0 Å². The molecule has 0 unspecified atom stereocenters. The van der Waals surface area contributed by atoms with E-state index in [4.69, 9.17) is 23.8 Å². The van der Waals surface area contributed by atoms with Crippen LogP contribution >= 0.6 is 23.8 Å². The van der Waals surface area contributed by atoms with Crippen LogP contribution in [0.15, 0.2) is 24.3 Å². The number of ether oxygens (including phenoxy) is 1. The molecule has 2 nitrogen and oxygen atoms in total. The second-order valence-electron chi connectivity index (χ2n) is 2.03. The Morgan fingerprint density at radius 3 is 2.42 bits per heavy atom. The Bertz CT molecular complexity index is 294. The summed E-state index contributed by atoms with van der Waals surface area (Å²) in [7, 11) is 0. The third kappa shape index (κ3) is 2.60. The first-order valence-electron chi connectivity index (χ1n) is 3.15. The molecule has 0 radical (unpaired) electrons. The van der Waals surface area contributed by atoms with Gasteiger partial charge in [-0.2, -0.15) is 0 Å². The first kappa shape index (κ1) is 9.16. The van der Waals surface area contributed by atoms with E-state index in [0.717, 1.165) is 5.56 Å². The van der Waals surface area contributed by atoms with Crippen LogP contribution < -0.4 is 4.74 Å². The zero-order chi connectivity index (χ0) is 8.97. The Labute approximate surface area is 80.1 Å². The molecular formula is C8H5ClO2S. The van der Waals surface area contributed by atoms with Crippen LogP contribution in [-0.4, -0.2) is 10.8 Å². The second kappa shape index (κ2) is 4.18. The van der Waals surface area contributed by atoms with Gasteiger partial charge in [-0.3, -0.25) is 0 Å². The second-order valence-corrected chi connectivity index (χ2v) is 2.57. The maximum Gasteiger partial charge on any atom is 0.409 e. The molecule has 0 fully saturated rings. The lowest BCUT2D eigenvalue weighted by Crippen LogP contribution is -1.95. The number of carbonyl (C=O) groups is 1. The summed E-state index contributed by atoms with van der Waals surface area (Å²) >= 11 is 9.69. The van der Waals surface area contributed by atoms with Crippen LogP contribution in [0.2, 0.25) is 0 Å². The van der Waals surface area contributed by atoms with Crippen LogP contribution in [0.4, 0.5) is 4.79 Å². The van der Waals surface area contributed by atoms with Gasteiger partial charge < -0.3 is 4.74 Å². The van der Waals surface area contributed by atoms with Gasteiger partial charge in [0.15, 0.2) is 0 Å². The van der Waals surface area contributed by atoms with Crippen LogP contribution in [0.25, 0.3) is 0 Å². The molecule has 0 aromatic heterocycles. The topological polar surface area (TPSA) is 26.3 Å². The SMILES string of the molecule is O=C(Cl)Oc1ccc(C=S)cc1. The van der Waals surface area contributed by atoms with E-state index in [1.165, 1.54) is 5.37 Å². The van der Waals surface area contributed by atoms with E-state index in [-0.39, 0.29) is 0 Å². The summed E-state index contributed by atoms with van der Waals surface area (Å²) in [6.07, 6.45) is 0. The van der Waals surface area contributed by atoms with E-state index >= 15 is 0 Å². The van der Waals surface area contributed by atoms with Crippen molar-refractivity contribution in [3.63, 3.8) is 0 Å².